The van der Waals surface area contributed by atoms with Gasteiger partial charge in [-0.15, -0.1) is 0 Å². The van der Waals surface area contributed by atoms with E-state index in [0.717, 1.165) is 48.1 Å². The zero-order chi connectivity index (χ0) is 21.1. The fourth-order valence-electron chi connectivity index (χ4n) is 5.61. The fourth-order valence-corrected chi connectivity index (χ4v) is 5.61. The van der Waals surface area contributed by atoms with Crippen molar-refractivity contribution in [3.05, 3.63) is 53.7 Å². The van der Waals surface area contributed by atoms with Crippen LogP contribution in [0.15, 0.2) is 47.6 Å². The first kappa shape index (κ1) is 15.5. The zero-order valence-electron chi connectivity index (χ0n) is 18.3. The van der Waals surface area contributed by atoms with Crippen molar-refractivity contribution in [2.75, 3.05) is 13.7 Å². The molecule has 2 N–H and O–H groups in total. The van der Waals surface area contributed by atoms with Crippen LogP contribution in [0, 0.1) is 11.3 Å². The molecule has 0 amide bonds. The van der Waals surface area contributed by atoms with Crippen molar-refractivity contribution in [1.82, 2.24) is 4.98 Å². The van der Waals surface area contributed by atoms with Gasteiger partial charge in [0.1, 0.15) is 12.1 Å². The number of methoxy groups -OCH3 is 1. The first-order chi connectivity index (χ1) is 14.3. The van der Waals surface area contributed by atoms with E-state index in [4.69, 9.17) is 22.9 Å². The van der Waals surface area contributed by atoms with Gasteiger partial charge in [0.15, 0.2) is 0 Å². The van der Waals surface area contributed by atoms with E-state index >= 15 is 0 Å². The van der Waals surface area contributed by atoms with Gasteiger partial charge in [0.05, 0.1) is 14.5 Å². The number of hydrogen-bond donors (Lipinski definition) is 1. The summed E-state index contributed by atoms with van der Waals surface area (Å²) in [6, 6.07) is 11.9. The summed E-state index contributed by atoms with van der Waals surface area (Å²) in [7, 11) is 1.76. The van der Waals surface area contributed by atoms with E-state index in [1.54, 1.807) is 13.3 Å². The average molecular weight is 380 g/mol. The molecule has 5 nitrogen and oxygen atoms in total. The Hall–Kier alpha value is -2.40. The number of fused-ring (bicyclic) bond motifs is 3. The predicted molar refractivity (Wildman–Crippen MR) is 109 cm³/mol. The van der Waals surface area contributed by atoms with E-state index < -0.39 is 17.5 Å². The lowest BCUT2D eigenvalue weighted by Gasteiger charge is -2.47. The van der Waals surface area contributed by atoms with Crippen LogP contribution in [0.2, 0.25) is 0 Å². The van der Waals surface area contributed by atoms with Crippen LogP contribution >= 0.6 is 0 Å². The van der Waals surface area contributed by atoms with Crippen molar-refractivity contribution in [2.45, 2.75) is 44.2 Å². The Balaban J connectivity index is 1.70. The summed E-state index contributed by atoms with van der Waals surface area (Å²) in [5.41, 5.74) is 8.21. The van der Waals surface area contributed by atoms with Gasteiger partial charge in [0.2, 0.25) is 0 Å². The van der Waals surface area contributed by atoms with Gasteiger partial charge in [-0.05, 0) is 60.9 Å². The molecule has 5 heteroatoms. The number of benzene rings is 1. The van der Waals surface area contributed by atoms with Gasteiger partial charge in [-0.1, -0.05) is 25.1 Å². The molecule has 146 valence electrons. The topological polar surface area (TPSA) is 69.7 Å². The maximum absolute atomic E-state index is 8.89. The van der Waals surface area contributed by atoms with Crippen LogP contribution in [0.1, 0.15) is 40.1 Å². The molecule has 0 bridgehead atoms. The first-order valence-electron chi connectivity index (χ1n) is 10.9. The molecule has 0 saturated heterocycles. The molecule has 1 aromatic carbocycles. The second kappa shape index (κ2) is 6.31. The highest BCUT2D eigenvalue weighted by molar-refractivity contribution is 5.75. The second-order valence-corrected chi connectivity index (χ2v) is 8.40. The Morgan fingerprint density at radius 2 is 2.21 bits per heavy atom. The van der Waals surface area contributed by atoms with Crippen molar-refractivity contribution in [1.29, 1.82) is 0 Å². The Labute approximate surface area is 168 Å². The lowest BCUT2D eigenvalue weighted by atomic mass is 9.59. The normalized spacial score (nSPS) is 36.6. The maximum Gasteiger partial charge on any atom is 0.283 e. The van der Waals surface area contributed by atoms with E-state index in [-0.39, 0.29) is 18.0 Å². The first-order valence-corrected chi connectivity index (χ1v) is 9.94. The SMILES string of the molecule is [2H]C1([2H])OC(N)=N[C@]12c1cc(-c3ccccn3)ccc1C[C@@]21CC[C@H](OC)[C@@H](C)C1. The maximum atomic E-state index is 8.89. The van der Waals surface area contributed by atoms with E-state index in [1.807, 2.05) is 24.3 Å². The van der Waals surface area contributed by atoms with Crippen LogP contribution in [0.5, 0.6) is 0 Å². The molecule has 2 aliphatic carbocycles. The van der Waals surface area contributed by atoms with Gasteiger partial charge in [-0.2, -0.15) is 0 Å². The van der Waals surface area contributed by atoms with Gasteiger partial charge < -0.3 is 15.2 Å². The summed E-state index contributed by atoms with van der Waals surface area (Å²) in [5, 5.41) is 0. The lowest BCUT2D eigenvalue weighted by Crippen LogP contribution is -2.48. The van der Waals surface area contributed by atoms with Crippen LogP contribution in [0.3, 0.4) is 0 Å². The Morgan fingerprint density at radius 3 is 2.89 bits per heavy atom. The molecule has 3 aliphatic rings. The summed E-state index contributed by atoms with van der Waals surface area (Å²) >= 11 is 0. The number of amidine groups is 1. The highest BCUT2D eigenvalue weighted by Crippen LogP contribution is 2.62. The molecule has 2 aromatic rings. The van der Waals surface area contributed by atoms with E-state index in [1.165, 1.54) is 0 Å². The molecule has 2 heterocycles. The van der Waals surface area contributed by atoms with Crippen LogP contribution < -0.4 is 5.73 Å². The second-order valence-electron chi connectivity index (χ2n) is 8.40. The predicted octanol–water partition coefficient (Wildman–Crippen LogP) is 3.67. The molecule has 0 unspecified atom stereocenters. The molecule has 1 aromatic heterocycles. The number of nitrogens with two attached hydrogens (primary N) is 1. The van der Waals surface area contributed by atoms with E-state index in [9.17, 15) is 0 Å². The largest absolute Gasteiger partial charge is 0.462 e. The summed E-state index contributed by atoms with van der Waals surface area (Å²) in [6.45, 7) is 0.161. The van der Waals surface area contributed by atoms with E-state index in [0.29, 0.717) is 0 Å². The van der Waals surface area contributed by atoms with Crippen molar-refractivity contribution in [3.8, 4) is 11.3 Å². The van der Waals surface area contributed by atoms with Crippen LogP contribution in [0.25, 0.3) is 11.3 Å². The number of rotatable bonds is 2. The third-order valence-corrected chi connectivity index (χ3v) is 6.90. The minimum Gasteiger partial charge on any atom is -0.462 e. The molecule has 4 atom stereocenters. The minimum absolute atomic E-state index is 0.0722. The molecular formula is C23H27N3O2. The zero-order valence-corrected chi connectivity index (χ0v) is 16.3. The lowest BCUT2D eigenvalue weighted by molar-refractivity contribution is -0.0445. The van der Waals surface area contributed by atoms with Crippen molar-refractivity contribution in [2.24, 2.45) is 22.1 Å². The number of ether oxygens (including phenoxy) is 2. The van der Waals surface area contributed by atoms with Gasteiger partial charge in [-0.25, -0.2) is 4.99 Å². The Bertz CT molecular complexity index is 1010. The van der Waals surface area contributed by atoms with Gasteiger partial charge >= 0.3 is 0 Å². The molecule has 1 saturated carbocycles. The van der Waals surface area contributed by atoms with Crippen LogP contribution in [0.4, 0.5) is 0 Å². The van der Waals surface area contributed by atoms with Crippen LogP contribution in [-0.2, 0) is 21.4 Å². The standard InChI is InChI=1S/C23H27N3O2/c1-15-12-22(9-8-20(15)27-2)13-17-7-6-16(19-5-3-4-10-25-19)11-18(17)23(22)14-28-21(24)26-23/h3-7,10-11,15,20H,8-9,12-14H2,1-2H3,(H2,24,26)/t15-,20-,22-,23-/m0/s1/i14D2. The molecule has 28 heavy (non-hydrogen) atoms. The fraction of sp³-hybridized carbons (Fsp3) is 0.478. The van der Waals surface area contributed by atoms with Gasteiger partial charge in [0.25, 0.3) is 6.02 Å². The highest BCUT2D eigenvalue weighted by Gasteiger charge is 2.62. The summed E-state index contributed by atoms with van der Waals surface area (Å²) in [5.74, 6) is 0.290. The summed E-state index contributed by atoms with van der Waals surface area (Å²) in [4.78, 5) is 9.22. The molecule has 0 radical (unpaired) electrons. The number of hydrogen-bond acceptors (Lipinski definition) is 5. The number of pyridine rings is 1. The quantitative estimate of drug-likeness (QED) is 0.864. The Morgan fingerprint density at radius 1 is 1.32 bits per heavy atom. The van der Waals surface area contributed by atoms with Crippen molar-refractivity contribution >= 4 is 6.02 Å². The average Bonchev–Trinajstić information content (AvgIpc) is 3.13. The summed E-state index contributed by atoms with van der Waals surface area (Å²) < 4.78 is 29.0. The minimum atomic E-state index is -2.02. The van der Waals surface area contributed by atoms with Crippen molar-refractivity contribution < 1.29 is 12.2 Å². The molecule has 1 fully saturated rings. The summed E-state index contributed by atoms with van der Waals surface area (Å²) in [6.07, 6.45) is 5.18. The third-order valence-electron chi connectivity index (χ3n) is 6.90. The Kier molecular flexibility index (Phi) is 3.50. The molecular weight excluding hydrogens is 350 g/mol. The molecule has 5 rings (SSSR count). The smallest absolute Gasteiger partial charge is 0.283 e. The number of aliphatic imine (C=N–C) groups is 1. The third kappa shape index (κ3) is 2.42. The van der Waals surface area contributed by atoms with E-state index in [2.05, 4.69) is 24.0 Å². The number of aromatic nitrogens is 1. The molecule has 1 aliphatic heterocycles. The van der Waals surface area contributed by atoms with Crippen LogP contribution in [-0.4, -0.2) is 30.8 Å². The highest BCUT2D eigenvalue weighted by atomic mass is 16.5. The number of nitrogens with zero attached hydrogens (tertiary/aromatic N) is 2. The van der Waals surface area contributed by atoms with Crippen molar-refractivity contribution in [3.63, 3.8) is 0 Å². The van der Waals surface area contributed by atoms with Gasteiger partial charge in [0, 0.05) is 24.3 Å². The monoisotopic (exact) mass is 379 g/mol. The molecule has 2 spiro atoms. The van der Waals surface area contributed by atoms with Gasteiger partial charge in [-0.3, -0.25) is 4.98 Å².